The van der Waals surface area contributed by atoms with E-state index in [4.69, 9.17) is 27.9 Å². The van der Waals surface area contributed by atoms with E-state index < -0.39 is 6.10 Å². The molecular formula is C23H24Cl2N4O2S. The summed E-state index contributed by atoms with van der Waals surface area (Å²) in [7, 11) is 0. The second-order valence-electron chi connectivity index (χ2n) is 7.13. The Morgan fingerprint density at radius 1 is 1.25 bits per heavy atom. The highest BCUT2D eigenvalue weighted by Gasteiger charge is 2.20. The minimum atomic E-state index is -0.394. The fourth-order valence-corrected chi connectivity index (χ4v) is 4.01. The zero-order valence-electron chi connectivity index (χ0n) is 17.8. The summed E-state index contributed by atoms with van der Waals surface area (Å²) < 4.78 is 7.93. The van der Waals surface area contributed by atoms with E-state index >= 15 is 0 Å². The van der Waals surface area contributed by atoms with Crippen molar-refractivity contribution in [3.05, 3.63) is 82.1 Å². The number of carbonyl (C=O) groups excluding carboxylic acids is 1. The van der Waals surface area contributed by atoms with Crippen LogP contribution in [0.3, 0.4) is 0 Å². The van der Waals surface area contributed by atoms with Crippen LogP contribution >= 0.6 is 35.0 Å². The molecule has 1 aromatic heterocycles. The summed E-state index contributed by atoms with van der Waals surface area (Å²) in [4.78, 5) is 12.3. The molecule has 0 fully saturated rings. The summed E-state index contributed by atoms with van der Waals surface area (Å²) in [5.74, 6) is 1.33. The lowest BCUT2D eigenvalue weighted by molar-refractivity contribution is -0.118. The number of thioether (sulfide) groups is 1. The molecule has 1 N–H and O–H groups in total. The molecule has 2 aromatic carbocycles. The Hall–Kier alpha value is -2.48. The summed E-state index contributed by atoms with van der Waals surface area (Å²) >= 11 is 13.5. The molecule has 3 rings (SSSR count). The van der Waals surface area contributed by atoms with E-state index in [0.717, 1.165) is 11.1 Å². The van der Waals surface area contributed by atoms with Crippen LogP contribution in [0.1, 0.15) is 30.0 Å². The first-order chi connectivity index (χ1) is 15.4. The summed E-state index contributed by atoms with van der Waals surface area (Å²) in [6.07, 6.45) is 1.36. The number of amides is 1. The first kappa shape index (κ1) is 24.2. The van der Waals surface area contributed by atoms with Crippen molar-refractivity contribution in [1.29, 1.82) is 0 Å². The van der Waals surface area contributed by atoms with Gasteiger partial charge in [-0.15, -0.1) is 16.8 Å². The number of benzene rings is 2. The molecule has 0 saturated carbocycles. The smallest absolute Gasteiger partial charge is 0.230 e. The van der Waals surface area contributed by atoms with Gasteiger partial charge >= 0.3 is 0 Å². The van der Waals surface area contributed by atoms with Crippen molar-refractivity contribution in [2.75, 3.05) is 5.75 Å². The Balaban J connectivity index is 1.63. The lowest BCUT2D eigenvalue weighted by atomic mass is 10.2. The monoisotopic (exact) mass is 490 g/mol. The van der Waals surface area contributed by atoms with Gasteiger partial charge in [-0.2, -0.15) is 0 Å². The maximum absolute atomic E-state index is 12.3. The molecule has 3 aromatic rings. The Morgan fingerprint density at radius 2 is 2.00 bits per heavy atom. The number of nitrogens with one attached hydrogen (secondary N) is 1. The average Bonchev–Trinajstić information content (AvgIpc) is 3.17. The van der Waals surface area contributed by atoms with Gasteiger partial charge in [0.25, 0.3) is 0 Å². The fraction of sp³-hybridized carbons (Fsp3) is 0.261. The van der Waals surface area contributed by atoms with Crippen molar-refractivity contribution in [3.8, 4) is 5.75 Å². The minimum absolute atomic E-state index is 0.101. The van der Waals surface area contributed by atoms with Crippen molar-refractivity contribution < 1.29 is 9.53 Å². The van der Waals surface area contributed by atoms with Gasteiger partial charge in [0.2, 0.25) is 5.91 Å². The molecule has 0 unspecified atom stereocenters. The van der Waals surface area contributed by atoms with Crippen molar-refractivity contribution in [2.45, 2.75) is 38.2 Å². The normalized spacial score (nSPS) is 11.8. The maximum Gasteiger partial charge on any atom is 0.230 e. The molecule has 0 aliphatic rings. The molecule has 168 valence electrons. The number of aromatic nitrogens is 3. The van der Waals surface area contributed by atoms with E-state index in [1.54, 1.807) is 24.3 Å². The number of hydrogen-bond donors (Lipinski definition) is 1. The third-order valence-corrected chi connectivity index (χ3v) is 6.08. The van der Waals surface area contributed by atoms with Gasteiger partial charge in [0.05, 0.1) is 10.8 Å². The largest absolute Gasteiger partial charge is 0.481 e. The SMILES string of the molecule is C=CCn1c(SCC(=O)NCc2ccc(Cl)cc2)nnc1[C@H](C)Oc1cc(C)ccc1Cl. The van der Waals surface area contributed by atoms with E-state index in [1.807, 2.05) is 42.7 Å². The average molecular weight is 491 g/mol. The zero-order chi connectivity index (χ0) is 23.1. The second kappa shape index (κ2) is 11.4. The summed E-state index contributed by atoms with van der Waals surface area (Å²) in [5, 5.41) is 13.3. The van der Waals surface area contributed by atoms with Crippen molar-refractivity contribution in [1.82, 2.24) is 20.1 Å². The summed E-state index contributed by atoms with van der Waals surface area (Å²) in [6.45, 7) is 8.60. The van der Waals surface area contributed by atoms with Crippen molar-refractivity contribution in [3.63, 3.8) is 0 Å². The van der Waals surface area contributed by atoms with Gasteiger partial charge in [0, 0.05) is 18.1 Å². The Labute approximate surface area is 202 Å². The van der Waals surface area contributed by atoms with E-state index in [1.165, 1.54) is 11.8 Å². The minimum Gasteiger partial charge on any atom is -0.481 e. The van der Waals surface area contributed by atoms with Gasteiger partial charge in [0.15, 0.2) is 17.1 Å². The topological polar surface area (TPSA) is 69.0 Å². The van der Waals surface area contributed by atoms with Crippen LogP contribution in [0.2, 0.25) is 10.0 Å². The first-order valence-electron chi connectivity index (χ1n) is 9.98. The predicted octanol–water partition coefficient (Wildman–Crippen LogP) is 5.63. The number of allylic oxidation sites excluding steroid dienone is 1. The number of nitrogens with zero attached hydrogens (tertiary/aromatic N) is 3. The van der Waals surface area contributed by atoms with Crippen LogP contribution in [0.4, 0.5) is 0 Å². The Kier molecular flexibility index (Phi) is 8.61. The highest BCUT2D eigenvalue weighted by Crippen LogP contribution is 2.30. The van der Waals surface area contributed by atoms with Crippen LogP contribution < -0.4 is 10.1 Å². The summed E-state index contributed by atoms with van der Waals surface area (Å²) in [5.41, 5.74) is 2.02. The van der Waals surface area contributed by atoms with Crippen LogP contribution in [0.5, 0.6) is 5.75 Å². The standard InChI is InChI=1S/C23H24Cl2N4O2S/c1-4-11-29-22(16(3)31-20-12-15(2)5-10-19(20)25)27-28-23(29)32-14-21(30)26-13-17-6-8-18(24)9-7-17/h4-10,12,16H,1,11,13-14H2,2-3H3,(H,26,30)/t16-/m0/s1. The maximum atomic E-state index is 12.3. The lowest BCUT2D eigenvalue weighted by Gasteiger charge is -2.17. The Morgan fingerprint density at radius 3 is 2.72 bits per heavy atom. The molecule has 9 heteroatoms. The molecule has 32 heavy (non-hydrogen) atoms. The van der Waals surface area contributed by atoms with Gasteiger partial charge in [-0.1, -0.05) is 59.2 Å². The van der Waals surface area contributed by atoms with Gasteiger partial charge in [-0.3, -0.25) is 9.36 Å². The van der Waals surface area contributed by atoms with Gasteiger partial charge < -0.3 is 10.1 Å². The Bertz CT molecular complexity index is 1090. The highest BCUT2D eigenvalue weighted by molar-refractivity contribution is 7.99. The van der Waals surface area contributed by atoms with Crippen LogP contribution in [-0.2, 0) is 17.9 Å². The summed E-state index contributed by atoms with van der Waals surface area (Å²) in [6, 6.07) is 13.0. The molecule has 0 radical (unpaired) electrons. The second-order valence-corrected chi connectivity index (χ2v) is 8.91. The van der Waals surface area contributed by atoms with Crippen molar-refractivity contribution >= 4 is 40.9 Å². The van der Waals surface area contributed by atoms with Crippen molar-refractivity contribution in [2.24, 2.45) is 0 Å². The van der Waals surface area contributed by atoms with E-state index in [-0.39, 0.29) is 11.7 Å². The van der Waals surface area contributed by atoms with Crippen LogP contribution in [-0.4, -0.2) is 26.4 Å². The zero-order valence-corrected chi connectivity index (χ0v) is 20.2. The molecule has 0 aliphatic carbocycles. The molecule has 0 spiro atoms. The molecule has 1 atom stereocenters. The third kappa shape index (κ3) is 6.51. The van der Waals surface area contributed by atoms with Crippen LogP contribution in [0.15, 0.2) is 60.3 Å². The van der Waals surface area contributed by atoms with Gasteiger partial charge in [-0.05, 0) is 49.2 Å². The first-order valence-corrected chi connectivity index (χ1v) is 11.7. The number of carbonyl (C=O) groups is 1. The lowest BCUT2D eigenvalue weighted by Crippen LogP contribution is -2.24. The number of aryl methyl sites for hydroxylation is 1. The van der Waals surface area contributed by atoms with Crippen LogP contribution in [0, 0.1) is 6.92 Å². The molecule has 0 bridgehead atoms. The molecule has 1 heterocycles. The third-order valence-electron chi connectivity index (χ3n) is 4.55. The van der Waals surface area contributed by atoms with Crippen LogP contribution in [0.25, 0.3) is 0 Å². The molecule has 6 nitrogen and oxygen atoms in total. The highest BCUT2D eigenvalue weighted by atomic mass is 35.5. The van der Waals surface area contributed by atoms with E-state index in [2.05, 4.69) is 22.1 Å². The quantitative estimate of drug-likeness (QED) is 0.294. The molecule has 0 aliphatic heterocycles. The molecular weight excluding hydrogens is 467 g/mol. The number of hydrogen-bond acceptors (Lipinski definition) is 5. The fourth-order valence-electron chi connectivity index (χ4n) is 2.94. The number of ether oxygens (including phenoxy) is 1. The predicted molar refractivity (Wildman–Crippen MR) is 129 cm³/mol. The number of halogens is 2. The van der Waals surface area contributed by atoms with Gasteiger partial charge in [-0.25, -0.2) is 0 Å². The number of rotatable bonds is 10. The molecule has 1 amide bonds. The van der Waals surface area contributed by atoms with E-state index in [0.29, 0.717) is 39.9 Å². The van der Waals surface area contributed by atoms with E-state index in [9.17, 15) is 4.79 Å². The molecule has 0 saturated heterocycles. The van der Waals surface area contributed by atoms with Gasteiger partial charge in [0.1, 0.15) is 5.75 Å².